The fraction of sp³-hybridized carbons (Fsp3) is 0.308. The third-order valence-electron chi connectivity index (χ3n) is 5.24. The van der Waals surface area contributed by atoms with Crippen LogP contribution in [0.3, 0.4) is 0 Å². The third-order valence-corrected chi connectivity index (χ3v) is 5.65. The normalized spacial score (nSPS) is 11.3. The lowest BCUT2D eigenvalue weighted by Crippen LogP contribution is -2.03. The largest absolute Gasteiger partial charge is 0.496 e. The minimum absolute atomic E-state index is 0.135. The summed E-state index contributed by atoms with van der Waals surface area (Å²) in [5.74, 6) is 1.68. The lowest BCUT2D eigenvalue weighted by molar-refractivity contribution is 0.104. The van der Waals surface area contributed by atoms with Gasteiger partial charge >= 0.3 is 0 Å². The Morgan fingerprint density at radius 1 is 1.19 bits per heavy atom. The highest BCUT2D eigenvalue weighted by Crippen LogP contribution is 2.33. The Balaban J connectivity index is 1.80. The number of ketones is 1. The van der Waals surface area contributed by atoms with E-state index in [-0.39, 0.29) is 11.7 Å². The predicted octanol–water partition coefficient (Wildman–Crippen LogP) is 6.47. The van der Waals surface area contributed by atoms with Gasteiger partial charge in [-0.3, -0.25) is 9.48 Å². The Kier molecular flexibility index (Phi) is 7.75. The smallest absolute Gasteiger partial charge is 0.206 e. The number of allylic oxidation sites excluding steroid dienone is 1. The van der Waals surface area contributed by atoms with E-state index in [4.69, 9.17) is 21.1 Å². The number of carbonyl (C=O) groups excluding carboxylic acids is 1. The molecule has 0 radical (unpaired) electrons. The first kappa shape index (κ1) is 23.6. The van der Waals surface area contributed by atoms with Gasteiger partial charge in [0.1, 0.15) is 23.8 Å². The second kappa shape index (κ2) is 10.5. The Morgan fingerprint density at radius 2 is 1.97 bits per heavy atom. The lowest BCUT2D eigenvalue weighted by Gasteiger charge is -2.17. The molecule has 0 spiro atoms. The van der Waals surface area contributed by atoms with Crippen molar-refractivity contribution < 1.29 is 14.3 Å². The maximum Gasteiger partial charge on any atom is 0.206 e. The number of nitrogens with zero attached hydrogens (tertiary/aromatic N) is 2. The number of aryl methyl sites for hydroxylation is 2. The maximum atomic E-state index is 12.4. The van der Waals surface area contributed by atoms with E-state index in [0.29, 0.717) is 12.3 Å². The van der Waals surface area contributed by atoms with E-state index in [1.165, 1.54) is 6.08 Å². The predicted molar refractivity (Wildman–Crippen MR) is 129 cm³/mol. The van der Waals surface area contributed by atoms with Crippen molar-refractivity contribution in [2.75, 3.05) is 7.11 Å². The quantitative estimate of drug-likeness (QED) is 0.275. The first-order valence-electron chi connectivity index (χ1n) is 10.7. The molecule has 6 heteroatoms. The van der Waals surface area contributed by atoms with Gasteiger partial charge in [0, 0.05) is 23.3 Å². The topological polar surface area (TPSA) is 53.4 Å². The number of halogens is 1. The molecule has 0 bridgehead atoms. The number of benzene rings is 2. The zero-order valence-electron chi connectivity index (χ0n) is 19.2. The monoisotopic (exact) mass is 452 g/mol. The Bertz CT molecular complexity index is 1130. The molecule has 32 heavy (non-hydrogen) atoms. The van der Waals surface area contributed by atoms with Crippen LogP contribution >= 0.6 is 11.6 Å². The molecule has 0 atom stereocenters. The van der Waals surface area contributed by atoms with Gasteiger partial charge in [-0.2, -0.15) is 5.10 Å². The molecule has 0 aliphatic carbocycles. The van der Waals surface area contributed by atoms with E-state index in [1.54, 1.807) is 30.1 Å². The van der Waals surface area contributed by atoms with Crippen LogP contribution < -0.4 is 9.47 Å². The average molecular weight is 453 g/mol. The van der Waals surface area contributed by atoms with E-state index in [1.807, 2.05) is 44.2 Å². The van der Waals surface area contributed by atoms with Crippen molar-refractivity contribution in [1.82, 2.24) is 9.78 Å². The minimum atomic E-state index is -0.135. The van der Waals surface area contributed by atoms with E-state index in [0.717, 1.165) is 45.3 Å². The number of hydrogen-bond donors (Lipinski definition) is 0. The van der Waals surface area contributed by atoms with Crippen molar-refractivity contribution in [3.63, 3.8) is 0 Å². The van der Waals surface area contributed by atoms with Gasteiger partial charge in [-0.15, -0.1) is 0 Å². The van der Waals surface area contributed by atoms with Gasteiger partial charge in [0.2, 0.25) is 5.78 Å². The van der Waals surface area contributed by atoms with Crippen molar-refractivity contribution in [3.05, 3.63) is 81.6 Å². The molecule has 2 aromatic carbocycles. The standard InChI is InChI=1S/C26H29ClN2O3/c1-6-29-12-11-23(28-29)24(30)9-7-19-8-10-25(31-5)20(14-19)16-32-26-13-18(4)22(27)15-21(26)17(2)3/h7-15,17H,6,16H2,1-5H3/b9-7+. The highest BCUT2D eigenvalue weighted by molar-refractivity contribution is 6.31. The number of aromatic nitrogens is 2. The van der Waals surface area contributed by atoms with Crippen molar-refractivity contribution in [2.24, 2.45) is 0 Å². The van der Waals surface area contributed by atoms with Gasteiger partial charge in [0.05, 0.1) is 7.11 Å². The Hall–Kier alpha value is -3.05. The first-order chi connectivity index (χ1) is 15.3. The van der Waals surface area contributed by atoms with Crippen molar-refractivity contribution >= 4 is 23.5 Å². The lowest BCUT2D eigenvalue weighted by atomic mass is 10.0. The molecule has 0 fully saturated rings. The summed E-state index contributed by atoms with van der Waals surface area (Å²) in [6.45, 7) is 9.23. The van der Waals surface area contributed by atoms with Crippen LogP contribution in [-0.2, 0) is 13.2 Å². The fourth-order valence-electron chi connectivity index (χ4n) is 3.34. The molecular weight excluding hydrogens is 424 g/mol. The SMILES string of the molecule is CCn1ccc(C(=O)/C=C/c2ccc(OC)c(COc3cc(C)c(Cl)cc3C(C)C)c2)n1. The molecule has 0 unspecified atom stereocenters. The summed E-state index contributed by atoms with van der Waals surface area (Å²) in [4.78, 5) is 12.4. The molecule has 0 N–H and O–H groups in total. The highest BCUT2D eigenvalue weighted by atomic mass is 35.5. The average Bonchev–Trinajstić information content (AvgIpc) is 3.27. The second-order valence-electron chi connectivity index (χ2n) is 7.91. The van der Waals surface area contributed by atoms with Crippen LogP contribution in [0, 0.1) is 6.92 Å². The van der Waals surface area contributed by atoms with Gasteiger partial charge in [0.15, 0.2) is 0 Å². The summed E-state index contributed by atoms with van der Waals surface area (Å²) in [6, 6.07) is 11.4. The summed E-state index contributed by atoms with van der Waals surface area (Å²) in [6.07, 6.45) is 5.12. The molecule has 0 aliphatic heterocycles. The van der Waals surface area contributed by atoms with E-state index in [2.05, 4.69) is 18.9 Å². The zero-order chi connectivity index (χ0) is 23.3. The Morgan fingerprint density at radius 3 is 2.62 bits per heavy atom. The third kappa shape index (κ3) is 5.60. The van der Waals surface area contributed by atoms with Crippen LogP contribution in [0.25, 0.3) is 6.08 Å². The van der Waals surface area contributed by atoms with Gasteiger partial charge < -0.3 is 9.47 Å². The maximum absolute atomic E-state index is 12.4. The Labute approximate surface area is 194 Å². The fourth-order valence-corrected chi connectivity index (χ4v) is 3.52. The van der Waals surface area contributed by atoms with Crippen LogP contribution in [0.2, 0.25) is 5.02 Å². The molecule has 0 saturated heterocycles. The number of carbonyl (C=O) groups is 1. The number of methoxy groups -OCH3 is 1. The number of hydrogen-bond acceptors (Lipinski definition) is 4. The molecule has 0 amide bonds. The number of rotatable bonds is 9. The summed E-state index contributed by atoms with van der Waals surface area (Å²) in [5.41, 5.74) is 4.23. The summed E-state index contributed by atoms with van der Waals surface area (Å²) in [5, 5.41) is 4.99. The molecule has 168 valence electrons. The summed E-state index contributed by atoms with van der Waals surface area (Å²) in [7, 11) is 1.63. The van der Waals surface area contributed by atoms with E-state index >= 15 is 0 Å². The van der Waals surface area contributed by atoms with Crippen LogP contribution in [0.4, 0.5) is 0 Å². The molecule has 3 rings (SSSR count). The minimum Gasteiger partial charge on any atom is -0.496 e. The zero-order valence-corrected chi connectivity index (χ0v) is 19.9. The molecule has 5 nitrogen and oxygen atoms in total. The molecular formula is C26H29ClN2O3. The molecule has 1 heterocycles. The molecule has 1 aromatic heterocycles. The second-order valence-corrected chi connectivity index (χ2v) is 8.32. The number of ether oxygens (including phenoxy) is 2. The van der Waals surface area contributed by atoms with E-state index in [9.17, 15) is 4.79 Å². The van der Waals surface area contributed by atoms with Crippen molar-refractivity contribution in [1.29, 1.82) is 0 Å². The summed E-state index contributed by atoms with van der Waals surface area (Å²) >= 11 is 6.31. The molecule has 3 aromatic rings. The van der Waals surface area contributed by atoms with Crippen LogP contribution in [0.5, 0.6) is 11.5 Å². The molecule has 0 aliphatic rings. The van der Waals surface area contributed by atoms with Gasteiger partial charge in [0.25, 0.3) is 0 Å². The van der Waals surface area contributed by atoms with E-state index < -0.39 is 0 Å². The summed E-state index contributed by atoms with van der Waals surface area (Å²) < 4.78 is 13.4. The van der Waals surface area contributed by atoms with Crippen molar-refractivity contribution in [3.8, 4) is 11.5 Å². The van der Waals surface area contributed by atoms with Crippen LogP contribution in [-0.4, -0.2) is 22.7 Å². The first-order valence-corrected chi connectivity index (χ1v) is 11.1. The van der Waals surface area contributed by atoms with Gasteiger partial charge in [-0.25, -0.2) is 0 Å². The van der Waals surface area contributed by atoms with Gasteiger partial charge in [-0.05, 0) is 72.9 Å². The van der Waals surface area contributed by atoms with Gasteiger partial charge in [-0.1, -0.05) is 37.6 Å². The van der Waals surface area contributed by atoms with Crippen LogP contribution in [0.15, 0.2) is 48.7 Å². The van der Waals surface area contributed by atoms with Crippen molar-refractivity contribution in [2.45, 2.75) is 46.8 Å². The van der Waals surface area contributed by atoms with Crippen LogP contribution in [0.1, 0.15) is 59.4 Å². The highest BCUT2D eigenvalue weighted by Gasteiger charge is 2.13. The molecule has 0 saturated carbocycles.